The Morgan fingerprint density at radius 1 is 1.29 bits per heavy atom. The Morgan fingerprint density at radius 3 is 2.65 bits per heavy atom. The molecule has 3 heteroatoms. The molecule has 1 aliphatic carbocycles. The van der Waals surface area contributed by atoms with Gasteiger partial charge in [0, 0.05) is 17.8 Å². The highest BCUT2D eigenvalue weighted by Gasteiger charge is 2.49. The van der Waals surface area contributed by atoms with Gasteiger partial charge < -0.3 is 5.11 Å². The third-order valence-electron chi connectivity index (χ3n) is 3.78. The molecule has 1 unspecified atom stereocenters. The molecule has 0 aliphatic heterocycles. The molecule has 1 aliphatic rings. The van der Waals surface area contributed by atoms with Crippen molar-refractivity contribution < 1.29 is 5.11 Å². The largest absolute Gasteiger partial charge is 0.392 e. The van der Waals surface area contributed by atoms with Gasteiger partial charge in [-0.1, -0.05) is 18.2 Å². The van der Waals surface area contributed by atoms with Crippen LogP contribution in [0.3, 0.4) is 0 Å². The van der Waals surface area contributed by atoms with Gasteiger partial charge in [-0.25, -0.2) is 4.68 Å². The van der Waals surface area contributed by atoms with Crippen LogP contribution in [-0.2, 0) is 5.41 Å². The molecule has 0 amide bonds. The average molecular weight is 228 g/mol. The van der Waals surface area contributed by atoms with Gasteiger partial charge in [0.1, 0.15) is 0 Å². The number of hydrogen-bond acceptors (Lipinski definition) is 2. The van der Waals surface area contributed by atoms with Crippen LogP contribution in [0.4, 0.5) is 0 Å². The van der Waals surface area contributed by atoms with Crippen LogP contribution < -0.4 is 0 Å². The lowest BCUT2D eigenvalue weighted by Gasteiger charge is -2.22. The Hall–Kier alpha value is -1.61. The zero-order chi connectivity index (χ0) is 11.9. The summed E-state index contributed by atoms with van der Waals surface area (Å²) < 4.78 is 1.87. The van der Waals surface area contributed by atoms with Crippen LogP contribution >= 0.6 is 0 Å². The number of aliphatic hydroxyl groups excluding tert-OH is 1. The first-order chi connectivity index (χ1) is 8.24. The van der Waals surface area contributed by atoms with Gasteiger partial charge in [-0.2, -0.15) is 5.10 Å². The molecule has 1 aromatic carbocycles. The number of benzene rings is 1. The van der Waals surface area contributed by atoms with Gasteiger partial charge in [0.25, 0.3) is 0 Å². The molecule has 0 radical (unpaired) electrons. The maximum atomic E-state index is 9.99. The smallest absolute Gasteiger partial charge is 0.0684 e. The average Bonchev–Trinajstić information content (AvgIpc) is 2.98. The first kappa shape index (κ1) is 10.5. The SMILES string of the molecule is CC(O)C1(c2ccccc2-n2cccn2)CC1. The van der Waals surface area contributed by atoms with Crippen molar-refractivity contribution in [1.82, 2.24) is 9.78 Å². The Bertz CT molecular complexity index is 513. The molecular formula is C14H16N2O. The van der Waals surface area contributed by atoms with E-state index < -0.39 is 0 Å². The Labute approximate surface area is 101 Å². The van der Waals surface area contributed by atoms with Crippen molar-refractivity contribution in [2.45, 2.75) is 31.3 Å². The van der Waals surface area contributed by atoms with Gasteiger partial charge in [0.05, 0.1) is 11.8 Å². The fourth-order valence-corrected chi connectivity index (χ4v) is 2.55. The molecule has 3 rings (SSSR count). The van der Waals surface area contributed by atoms with Crippen LogP contribution in [0.1, 0.15) is 25.3 Å². The molecular weight excluding hydrogens is 212 g/mol. The molecule has 0 saturated heterocycles. The number of aromatic nitrogens is 2. The predicted octanol–water partition coefficient (Wildman–Crippen LogP) is 2.28. The normalized spacial score (nSPS) is 18.9. The van der Waals surface area contributed by atoms with E-state index in [9.17, 15) is 5.11 Å². The van der Waals surface area contributed by atoms with Gasteiger partial charge in [-0.05, 0) is 37.5 Å². The quantitative estimate of drug-likeness (QED) is 0.875. The Morgan fingerprint density at radius 2 is 2.06 bits per heavy atom. The standard InChI is InChI=1S/C14H16N2O/c1-11(17)14(7-8-14)12-5-2-3-6-13(12)16-10-4-9-15-16/h2-6,9-11,17H,7-8H2,1H3. The first-order valence-corrected chi connectivity index (χ1v) is 6.02. The molecule has 1 atom stereocenters. The van der Waals surface area contributed by atoms with Crippen LogP contribution in [0.5, 0.6) is 0 Å². The van der Waals surface area contributed by atoms with Crippen molar-refractivity contribution in [2.24, 2.45) is 0 Å². The highest BCUT2D eigenvalue weighted by Crippen LogP contribution is 2.52. The molecule has 1 fully saturated rings. The van der Waals surface area contributed by atoms with Crippen LogP contribution in [0.2, 0.25) is 0 Å². The van der Waals surface area contributed by atoms with E-state index in [1.807, 2.05) is 36.0 Å². The van der Waals surface area contributed by atoms with E-state index in [4.69, 9.17) is 0 Å². The lowest BCUT2D eigenvalue weighted by Crippen LogP contribution is -2.24. The summed E-state index contributed by atoms with van der Waals surface area (Å²) in [6.45, 7) is 1.88. The molecule has 88 valence electrons. The highest BCUT2D eigenvalue weighted by atomic mass is 16.3. The van der Waals surface area contributed by atoms with Gasteiger partial charge >= 0.3 is 0 Å². The van der Waals surface area contributed by atoms with Crippen molar-refractivity contribution in [3.05, 3.63) is 48.3 Å². The lowest BCUT2D eigenvalue weighted by atomic mass is 9.89. The van der Waals surface area contributed by atoms with E-state index in [0.29, 0.717) is 0 Å². The minimum atomic E-state index is -0.306. The van der Waals surface area contributed by atoms with Crippen LogP contribution in [0.15, 0.2) is 42.7 Å². The van der Waals surface area contributed by atoms with Crippen LogP contribution in [0, 0.1) is 0 Å². The molecule has 2 aromatic rings. The summed E-state index contributed by atoms with van der Waals surface area (Å²) in [5.41, 5.74) is 2.23. The summed E-state index contributed by atoms with van der Waals surface area (Å²) in [7, 11) is 0. The zero-order valence-electron chi connectivity index (χ0n) is 9.87. The molecule has 0 spiro atoms. The summed E-state index contributed by atoms with van der Waals surface area (Å²) in [4.78, 5) is 0. The fraction of sp³-hybridized carbons (Fsp3) is 0.357. The minimum absolute atomic E-state index is 0.0530. The number of hydrogen-bond donors (Lipinski definition) is 1. The maximum Gasteiger partial charge on any atom is 0.0684 e. The zero-order valence-corrected chi connectivity index (χ0v) is 9.87. The molecule has 1 N–H and O–H groups in total. The van der Waals surface area contributed by atoms with E-state index in [1.165, 1.54) is 5.56 Å². The van der Waals surface area contributed by atoms with Gasteiger partial charge in [-0.15, -0.1) is 0 Å². The monoisotopic (exact) mass is 228 g/mol. The minimum Gasteiger partial charge on any atom is -0.392 e. The van der Waals surface area contributed by atoms with Crippen molar-refractivity contribution in [1.29, 1.82) is 0 Å². The summed E-state index contributed by atoms with van der Waals surface area (Å²) in [6, 6.07) is 10.1. The van der Waals surface area contributed by atoms with Crippen LogP contribution in [-0.4, -0.2) is 21.0 Å². The van der Waals surface area contributed by atoms with Crippen molar-refractivity contribution in [3.8, 4) is 5.69 Å². The second-order valence-corrected chi connectivity index (χ2v) is 4.80. The molecule has 1 heterocycles. The molecule has 1 saturated carbocycles. The second-order valence-electron chi connectivity index (χ2n) is 4.80. The molecule has 1 aromatic heterocycles. The number of nitrogens with zero attached hydrogens (tertiary/aromatic N) is 2. The van der Waals surface area contributed by atoms with Gasteiger partial charge in [0.15, 0.2) is 0 Å². The molecule has 0 bridgehead atoms. The number of aliphatic hydroxyl groups is 1. The highest BCUT2D eigenvalue weighted by molar-refractivity contribution is 5.48. The lowest BCUT2D eigenvalue weighted by molar-refractivity contribution is 0.150. The topological polar surface area (TPSA) is 38.0 Å². The van der Waals surface area contributed by atoms with E-state index in [0.717, 1.165) is 18.5 Å². The molecule has 3 nitrogen and oxygen atoms in total. The van der Waals surface area contributed by atoms with E-state index in [1.54, 1.807) is 6.20 Å². The summed E-state index contributed by atoms with van der Waals surface area (Å²) in [6.07, 6.45) is 5.53. The summed E-state index contributed by atoms with van der Waals surface area (Å²) in [5, 5.41) is 14.3. The van der Waals surface area contributed by atoms with E-state index in [-0.39, 0.29) is 11.5 Å². The molecule has 17 heavy (non-hydrogen) atoms. The maximum absolute atomic E-state index is 9.99. The predicted molar refractivity (Wildman–Crippen MR) is 66.2 cm³/mol. The summed E-state index contributed by atoms with van der Waals surface area (Å²) in [5.74, 6) is 0. The van der Waals surface area contributed by atoms with E-state index >= 15 is 0 Å². The number of para-hydroxylation sites is 1. The van der Waals surface area contributed by atoms with Crippen molar-refractivity contribution in [3.63, 3.8) is 0 Å². The summed E-state index contributed by atoms with van der Waals surface area (Å²) >= 11 is 0. The van der Waals surface area contributed by atoms with E-state index in [2.05, 4.69) is 17.2 Å². The first-order valence-electron chi connectivity index (χ1n) is 6.02. The van der Waals surface area contributed by atoms with Crippen LogP contribution in [0.25, 0.3) is 5.69 Å². The van der Waals surface area contributed by atoms with Gasteiger partial charge in [0.2, 0.25) is 0 Å². The Kier molecular flexibility index (Phi) is 2.30. The number of rotatable bonds is 3. The second kappa shape index (κ2) is 3.70. The third-order valence-corrected chi connectivity index (χ3v) is 3.78. The third kappa shape index (κ3) is 1.58. The van der Waals surface area contributed by atoms with Crippen molar-refractivity contribution in [2.75, 3.05) is 0 Å². The van der Waals surface area contributed by atoms with Gasteiger partial charge in [-0.3, -0.25) is 0 Å². The van der Waals surface area contributed by atoms with Crippen molar-refractivity contribution >= 4 is 0 Å². The Balaban J connectivity index is 2.12. The fourth-order valence-electron chi connectivity index (χ4n) is 2.55.